The van der Waals surface area contributed by atoms with E-state index in [0.29, 0.717) is 32.5 Å². The molecule has 0 bridgehead atoms. The van der Waals surface area contributed by atoms with Crippen LogP contribution in [0.5, 0.6) is 0 Å². The van der Waals surface area contributed by atoms with Crippen molar-refractivity contribution in [3.05, 3.63) is 48.0 Å². The molecule has 3 N–H and O–H groups in total. The number of carbonyl (C=O) groups excluding carboxylic acids is 2. The van der Waals surface area contributed by atoms with E-state index in [1.807, 2.05) is 54.3 Å². The molecule has 1 aliphatic rings. The Balaban J connectivity index is 1.64. The molecule has 0 unspecified atom stereocenters. The van der Waals surface area contributed by atoms with E-state index in [9.17, 15) is 14.7 Å². The molecule has 6 nitrogen and oxygen atoms in total. The van der Waals surface area contributed by atoms with Crippen LogP contribution in [0.25, 0.3) is 10.8 Å². The monoisotopic (exact) mass is 369 g/mol. The molecule has 0 saturated carbocycles. The summed E-state index contributed by atoms with van der Waals surface area (Å²) in [5.74, 6) is -0.0893. The van der Waals surface area contributed by atoms with Crippen molar-refractivity contribution in [2.24, 2.45) is 0 Å². The maximum atomic E-state index is 12.6. The molecule has 3 rings (SSSR count). The predicted molar refractivity (Wildman–Crippen MR) is 105 cm³/mol. The van der Waals surface area contributed by atoms with E-state index in [2.05, 4.69) is 10.6 Å². The fourth-order valence-electron chi connectivity index (χ4n) is 3.85. The van der Waals surface area contributed by atoms with Crippen LogP contribution in [0.1, 0.15) is 18.9 Å². The molecular formula is C21H27N3O3. The fourth-order valence-corrected chi connectivity index (χ4v) is 3.85. The second-order valence-corrected chi connectivity index (χ2v) is 6.94. The number of likely N-dealkylation sites (N-methyl/N-ethyl adjacent to an activating group) is 1. The normalized spacial score (nSPS) is 19.9. The highest BCUT2D eigenvalue weighted by Crippen LogP contribution is 2.20. The summed E-state index contributed by atoms with van der Waals surface area (Å²) in [6.07, 6.45) is 0.872. The van der Waals surface area contributed by atoms with Crippen LogP contribution in [0, 0.1) is 0 Å². The van der Waals surface area contributed by atoms with Crippen molar-refractivity contribution in [1.82, 2.24) is 15.5 Å². The highest BCUT2D eigenvalue weighted by atomic mass is 16.3. The second kappa shape index (κ2) is 8.97. The van der Waals surface area contributed by atoms with Gasteiger partial charge in [0.2, 0.25) is 11.8 Å². The summed E-state index contributed by atoms with van der Waals surface area (Å²) >= 11 is 0. The number of carbonyl (C=O) groups is 2. The minimum Gasteiger partial charge on any atom is -0.395 e. The largest absolute Gasteiger partial charge is 0.395 e. The molecule has 1 saturated heterocycles. The number of hydrogen-bond donors (Lipinski definition) is 3. The molecule has 1 heterocycles. The van der Waals surface area contributed by atoms with Gasteiger partial charge >= 0.3 is 0 Å². The first-order chi connectivity index (χ1) is 13.1. The Morgan fingerprint density at radius 3 is 2.74 bits per heavy atom. The van der Waals surface area contributed by atoms with E-state index in [0.717, 1.165) is 16.3 Å². The van der Waals surface area contributed by atoms with Crippen LogP contribution < -0.4 is 10.6 Å². The smallest absolute Gasteiger partial charge is 0.237 e. The first kappa shape index (κ1) is 19.3. The third-order valence-electron chi connectivity index (χ3n) is 5.04. The third-order valence-corrected chi connectivity index (χ3v) is 5.04. The van der Waals surface area contributed by atoms with Crippen molar-refractivity contribution >= 4 is 22.6 Å². The number of fused-ring (bicyclic) bond motifs is 1. The number of likely N-dealkylation sites (tertiary alicyclic amines) is 1. The van der Waals surface area contributed by atoms with Gasteiger partial charge in [-0.05, 0) is 29.7 Å². The maximum Gasteiger partial charge on any atom is 0.237 e. The van der Waals surface area contributed by atoms with Gasteiger partial charge < -0.3 is 15.7 Å². The zero-order chi connectivity index (χ0) is 19.2. The van der Waals surface area contributed by atoms with Crippen molar-refractivity contribution in [3.8, 4) is 0 Å². The standard InChI is InChI=1S/C21H27N3O3/c1-2-22-21(27)19-13-17(14-24(19)10-11-25)23-20(26)12-16-8-5-7-15-6-3-4-9-18(15)16/h3-9,17,19,25H,2,10-14H2,1H3,(H,22,27)(H,23,26)/t17-,19-/m0/s1. The lowest BCUT2D eigenvalue weighted by atomic mass is 10.0. The number of rotatable bonds is 7. The van der Waals surface area contributed by atoms with Gasteiger partial charge in [-0.2, -0.15) is 0 Å². The van der Waals surface area contributed by atoms with Gasteiger partial charge in [-0.3, -0.25) is 14.5 Å². The first-order valence-electron chi connectivity index (χ1n) is 9.51. The van der Waals surface area contributed by atoms with E-state index in [1.54, 1.807) is 0 Å². The molecule has 144 valence electrons. The van der Waals surface area contributed by atoms with Gasteiger partial charge in [-0.25, -0.2) is 0 Å². The molecule has 0 aliphatic carbocycles. The van der Waals surface area contributed by atoms with Crippen molar-refractivity contribution in [3.63, 3.8) is 0 Å². The number of aliphatic hydroxyl groups is 1. The number of hydrogen-bond acceptors (Lipinski definition) is 4. The summed E-state index contributed by atoms with van der Waals surface area (Å²) < 4.78 is 0. The van der Waals surface area contributed by atoms with Crippen LogP contribution in [-0.2, 0) is 16.0 Å². The average molecular weight is 369 g/mol. The van der Waals surface area contributed by atoms with Crippen LogP contribution in [0.3, 0.4) is 0 Å². The zero-order valence-corrected chi connectivity index (χ0v) is 15.6. The van der Waals surface area contributed by atoms with Crippen molar-refractivity contribution in [1.29, 1.82) is 0 Å². The van der Waals surface area contributed by atoms with Gasteiger partial charge in [0.05, 0.1) is 19.1 Å². The first-order valence-corrected chi connectivity index (χ1v) is 9.51. The van der Waals surface area contributed by atoms with E-state index in [1.165, 1.54) is 0 Å². The van der Waals surface area contributed by atoms with Crippen molar-refractivity contribution < 1.29 is 14.7 Å². The zero-order valence-electron chi connectivity index (χ0n) is 15.6. The summed E-state index contributed by atoms with van der Waals surface area (Å²) in [6.45, 7) is 3.45. The molecular weight excluding hydrogens is 342 g/mol. The molecule has 0 radical (unpaired) electrons. The molecule has 1 aliphatic heterocycles. The highest BCUT2D eigenvalue weighted by Gasteiger charge is 2.36. The fraction of sp³-hybridized carbons (Fsp3) is 0.429. The van der Waals surface area contributed by atoms with Crippen LogP contribution in [0.4, 0.5) is 0 Å². The topological polar surface area (TPSA) is 81.7 Å². The lowest BCUT2D eigenvalue weighted by Gasteiger charge is -2.21. The van der Waals surface area contributed by atoms with Crippen LogP contribution in [0.2, 0.25) is 0 Å². The molecule has 2 aromatic carbocycles. The number of nitrogens with zero attached hydrogens (tertiary/aromatic N) is 1. The third kappa shape index (κ3) is 4.64. The van der Waals surface area contributed by atoms with Gasteiger partial charge in [0.15, 0.2) is 0 Å². The van der Waals surface area contributed by atoms with E-state index < -0.39 is 0 Å². The van der Waals surface area contributed by atoms with Crippen LogP contribution in [0.15, 0.2) is 42.5 Å². The van der Waals surface area contributed by atoms with Gasteiger partial charge in [0.25, 0.3) is 0 Å². The Labute approximate surface area is 159 Å². The molecule has 6 heteroatoms. The summed E-state index contributed by atoms with van der Waals surface area (Å²) in [5.41, 5.74) is 0.996. The molecule has 0 spiro atoms. The average Bonchev–Trinajstić information content (AvgIpc) is 3.05. The SMILES string of the molecule is CCNC(=O)[C@@H]1C[C@H](NC(=O)Cc2cccc3ccccc23)CN1CCO. The molecule has 0 aromatic heterocycles. The number of aliphatic hydroxyl groups excluding tert-OH is 1. The van der Waals surface area contributed by atoms with Crippen LogP contribution >= 0.6 is 0 Å². The Hall–Kier alpha value is -2.44. The minimum atomic E-state index is -0.306. The van der Waals surface area contributed by atoms with Gasteiger partial charge in [0, 0.05) is 25.7 Å². The highest BCUT2D eigenvalue weighted by molar-refractivity contribution is 5.90. The van der Waals surface area contributed by atoms with Gasteiger partial charge in [-0.15, -0.1) is 0 Å². The number of β-amino-alcohol motifs (C(OH)–C–C–N with tert-alkyl or cyclic N) is 1. The summed E-state index contributed by atoms with van der Waals surface area (Å²) in [4.78, 5) is 26.8. The van der Waals surface area contributed by atoms with Gasteiger partial charge in [0.1, 0.15) is 0 Å². The van der Waals surface area contributed by atoms with Crippen molar-refractivity contribution in [2.45, 2.75) is 31.8 Å². The lowest BCUT2D eigenvalue weighted by molar-refractivity contribution is -0.125. The van der Waals surface area contributed by atoms with E-state index >= 15 is 0 Å². The number of nitrogens with one attached hydrogen (secondary N) is 2. The van der Waals surface area contributed by atoms with Crippen LogP contribution in [-0.4, -0.2) is 60.1 Å². The van der Waals surface area contributed by atoms with E-state index in [-0.39, 0.29) is 30.5 Å². The van der Waals surface area contributed by atoms with Crippen molar-refractivity contribution in [2.75, 3.05) is 26.2 Å². The summed E-state index contributed by atoms with van der Waals surface area (Å²) in [5, 5.41) is 17.4. The molecule has 1 fully saturated rings. The van der Waals surface area contributed by atoms with E-state index in [4.69, 9.17) is 0 Å². The molecule has 2 aromatic rings. The molecule has 2 atom stereocenters. The lowest BCUT2D eigenvalue weighted by Crippen LogP contribution is -2.44. The molecule has 27 heavy (non-hydrogen) atoms. The Morgan fingerprint density at radius 2 is 1.96 bits per heavy atom. The van der Waals surface area contributed by atoms with Gasteiger partial charge in [-0.1, -0.05) is 42.5 Å². The molecule has 2 amide bonds. The number of benzene rings is 2. The second-order valence-electron chi connectivity index (χ2n) is 6.94. The minimum absolute atomic E-state index is 0.00736. The predicted octanol–water partition coefficient (Wildman–Crippen LogP) is 1.07. The Bertz CT molecular complexity index is 803. The summed E-state index contributed by atoms with van der Waals surface area (Å²) in [6, 6.07) is 13.6. The Morgan fingerprint density at radius 1 is 1.19 bits per heavy atom. The Kier molecular flexibility index (Phi) is 6.42. The quantitative estimate of drug-likeness (QED) is 0.682. The summed E-state index contributed by atoms with van der Waals surface area (Å²) in [7, 11) is 0. The number of amides is 2. The maximum absolute atomic E-state index is 12.6.